The number of aromatic nitrogens is 3. The van der Waals surface area contributed by atoms with Crippen LogP contribution in [0.5, 0.6) is 0 Å². The molecule has 0 amide bonds. The Labute approximate surface area is 163 Å². The van der Waals surface area contributed by atoms with Crippen molar-refractivity contribution in [2.24, 2.45) is 0 Å². The van der Waals surface area contributed by atoms with E-state index in [9.17, 15) is 4.79 Å². The van der Waals surface area contributed by atoms with Gasteiger partial charge in [0.15, 0.2) is 10.4 Å². The standard InChI is InChI=1S/C19H15N3O3S2/c1-12(17-21-22-18(25-17)13-7-3-2-4-8-13)24-16(23)11-26-19-20-14-9-5-6-10-15(14)27-19/h2-10,12H,11H2,1H3/t12-/m0/s1. The molecule has 0 radical (unpaired) electrons. The van der Waals surface area contributed by atoms with Crippen molar-refractivity contribution in [2.75, 3.05) is 5.75 Å². The molecule has 1 atom stereocenters. The number of esters is 1. The normalized spacial score (nSPS) is 12.2. The summed E-state index contributed by atoms with van der Waals surface area (Å²) in [6, 6.07) is 17.3. The molecule has 4 aromatic rings. The van der Waals surface area contributed by atoms with E-state index < -0.39 is 6.10 Å². The zero-order valence-electron chi connectivity index (χ0n) is 14.4. The van der Waals surface area contributed by atoms with Gasteiger partial charge in [0.25, 0.3) is 5.89 Å². The molecule has 0 bridgehead atoms. The molecule has 136 valence electrons. The summed E-state index contributed by atoms with van der Waals surface area (Å²) in [5.41, 5.74) is 1.76. The summed E-state index contributed by atoms with van der Waals surface area (Å²) < 4.78 is 13.0. The third-order valence-electron chi connectivity index (χ3n) is 3.71. The number of para-hydroxylation sites is 1. The van der Waals surface area contributed by atoms with Crippen molar-refractivity contribution in [1.29, 1.82) is 0 Å². The lowest BCUT2D eigenvalue weighted by Crippen LogP contribution is -2.11. The number of ether oxygens (including phenoxy) is 1. The van der Waals surface area contributed by atoms with Gasteiger partial charge in [-0.1, -0.05) is 42.1 Å². The van der Waals surface area contributed by atoms with Crippen molar-refractivity contribution in [3.63, 3.8) is 0 Å². The van der Waals surface area contributed by atoms with Crippen LogP contribution in [0.15, 0.2) is 63.4 Å². The summed E-state index contributed by atoms with van der Waals surface area (Å²) in [5.74, 6) is 0.486. The van der Waals surface area contributed by atoms with E-state index in [0.29, 0.717) is 5.89 Å². The molecule has 0 saturated heterocycles. The van der Waals surface area contributed by atoms with Crippen LogP contribution in [0, 0.1) is 0 Å². The second-order valence-corrected chi connectivity index (χ2v) is 7.93. The molecule has 0 fully saturated rings. The first-order valence-electron chi connectivity index (χ1n) is 8.26. The summed E-state index contributed by atoms with van der Waals surface area (Å²) >= 11 is 2.92. The highest BCUT2D eigenvalue weighted by atomic mass is 32.2. The van der Waals surface area contributed by atoms with Gasteiger partial charge in [-0.15, -0.1) is 21.5 Å². The molecule has 27 heavy (non-hydrogen) atoms. The van der Waals surface area contributed by atoms with E-state index in [-0.39, 0.29) is 17.6 Å². The Hall–Kier alpha value is -2.71. The number of carbonyl (C=O) groups is 1. The Morgan fingerprint density at radius 1 is 1.15 bits per heavy atom. The quantitative estimate of drug-likeness (QED) is 0.343. The predicted molar refractivity (Wildman–Crippen MR) is 105 cm³/mol. The van der Waals surface area contributed by atoms with Gasteiger partial charge in [0.05, 0.1) is 16.0 Å². The van der Waals surface area contributed by atoms with Crippen molar-refractivity contribution in [1.82, 2.24) is 15.2 Å². The number of carbonyl (C=O) groups excluding carboxylic acids is 1. The van der Waals surface area contributed by atoms with E-state index in [1.807, 2.05) is 54.6 Å². The monoisotopic (exact) mass is 397 g/mol. The molecule has 0 aliphatic carbocycles. The van der Waals surface area contributed by atoms with Crippen LogP contribution in [0.1, 0.15) is 18.9 Å². The number of benzene rings is 2. The van der Waals surface area contributed by atoms with Crippen molar-refractivity contribution in [3.05, 3.63) is 60.5 Å². The number of thioether (sulfide) groups is 1. The SMILES string of the molecule is C[C@H](OC(=O)CSc1nc2ccccc2s1)c1nnc(-c2ccccc2)o1. The first kappa shape index (κ1) is 17.7. The van der Waals surface area contributed by atoms with Crippen molar-refractivity contribution >= 4 is 39.3 Å². The third kappa shape index (κ3) is 4.17. The zero-order valence-corrected chi connectivity index (χ0v) is 16.0. The van der Waals surface area contributed by atoms with Crippen LogP contribution in [-0.2, 0) is 9.53 Å². The molecule has 8 heteroatoms. The molecule has 0 aliphatic rings. The van der Waals surface area contributed by atoms with Crippen LogP contribution in [-0.4, -0.2) is 26.9 Å². The highest BCUT2D eigenvalue weighted by Gasteiger charge is 2.19. The highest BCUT2D eigenvalue weighted by molar-refractivity contribution is 8.01. The van der Waals surface area contributed by atoms with Crippen LogP contribution in [0.25, 0.3) is 21.7 Å². The van der Waals surface area contributed by atoms with E-state index >= 15 is 0 Å². The maximum atomic E-state index is 12.1. The third-order valence-corrected chi connectivity index (χ3v) is 5.86. The van der Waals surface area contributed by atoms with Crippen molar-refractivity contribution in [3.8, 4) is 11.5 Å². The number of hydrogen-bond donors (Lipinski definition) is 0. The van der Waals surface area contributed by atoms with E-state index in [1.165, 1.54) is 11.8 Å². The van der Waals surface area contributed by atoms with Gasteiger partial charge in [-0.25, -0.2) is 4.98 Å². The molecule has 0 saturated carbocycles. The number of hydrogen-bond acceptors (Lipinski definition) is 8. The molecular formula is C19H15N3O3S2. The Morgan fingerprint density at radius 2 is 1.93 bits per heavy atom. The van der Waals surface area contributed by atoms with E-state index in [4.69, 9.17) is 9.15 Å². The number of nitrogens with zero attached hydrogens (tertiary/aromatic N) is 3. The minimum Gasteiger partial charge on any atom is -0.452 e. The lowest BCUT2D eigenvalue weighted by molar-refractivity contribution is -0.146. The van der Waals surface area contributed by atoms with Gasteiger partial charge in [-0.2, -0.15) is 0 Å². The Balaban J connectivity index is 1.34. The van der Waals surface area contributed by atoms with Crippen LogP contribution in [0.2, 0.25) is 0 Å². The van der Waals surface area contributed by atoms with Gasteiger partial charge in [0.2, 0.25) is 5.89 Å². The molecule has 2 aromatic carbocycles. The van der Waals surface area contributed by atoms with Gasteiger partial charge < -0.3 is 9.15 Å². The number of thiazole rings is 1. The summed E-state index contributed by atoms with van der Waals surface area (Å²) in [5, 5.41) is 7.99. The molecule has 6 nitrogen and oxygen atoms in total. The first-order valence-corrected chi connectivity index (χ1v) is 10.1. The molecule has 2 aromatic heterocycles. The fourth-order valence-corrected chi connectivity index (χ4v) is 4.26. The van der Waals surface area contributed by atoms with Crippen molar-refractivity contribution < 1.29 is 13.9 Å². The van der Waals surface area contributed by atoms with E-state index in [2.05, 4.69) is 15.2 Å². The van der Waals surface area contributed by atoms with Crippen LogP contribution >= 0.6 is 23.1 Å². The number of fused-ring (bicyclic) bond motifs is 1. The van der Waals surface area contributed by atoms with Crippen molar-refractivity contribution in [2.45, 2.75) is 17.4 Å². The van der Waals surface area contributed by atoms with Gasteiger partial charge in [-0.3, -0.25) is 4.79 Å². The fourth-order valence-electron chi connectivity index (χ4n) is 2.41. The van der Waals surface area contributed by atoms with Crippen LogP contribution in [0.3, 0.4) is 0 Å². The lowest BCUT2D eigenvalue weighted by Gasteiger charge is -2.08. The average molecular weight is 397 g/mol. The molecule has 0 aliphatic heterocycles. The van der Waals surface area contributed by atoms with E-state index in [1.54, 1.807) is 18.3 Å². The molecule has 0 N–H and O–H groups in total. The molecule has 0 unspecified atom stereocenters. The lowest BCUT2D eigenvalue weighted by atomic mass is 10.2. The maximum absolute atomic E-state index is 12.1. The van der Waals surface area contributed by atoms with E-state index in [0.717, 1.165) is 20.1 Å². The fraction of sp³-hybridized carbons (Fsp3) is 0.158. The Bertz CT molecular complexity index is 1030. The minimum absolute atomic E-state index is 0.170. The summed E-state index contributed by atoms with van der Waals surface area (Å²) in [7, 11) is 0. The van der Waals surface area contributed by atoms with Crippen LogP contribution in [0.4, 0.5) is 0 Å². The summed E-state index contributed by atoms with van der Waals surface area (Å²) in [6.07, 6.45) is -0.613. The number of rotatable bonds is 6. The molecular weight excluding hydrogens is 382 g/mol. The van der Waals surface area contributed by atoms with Crippen LogP contribution < -0.4 is 0 Å². The Morgan fingerprint density at radius 3 is 2.74 bits per heavy atom. The highest BCUT2D eigenvalue weighted by Crippen LogP contribution is 2.30. The topological polar surface area (TPSA) is 78.1 Å². The zero-order chi connectivity index (χ0) is 18.6. The van der Waals surface area contributed by atoms with Gasteiger partial charge >= 0.3 is 5.97 Å². The molecule has 0 spiro atoms. The molecule has 4 rings (SSSR count). The second kappa shape index (κ2) is 7.89. The minimum atomic E-state index is -0.613. The van der Waals surface area contributed by atoms with Gasteiger partial charge in [0.1, 0.15) is 0 Å². The van der Waals surface area contributed by atoms with Gasteiger partial charge in [-0.05, 0) is 31.2 Å². The molecule has 2 heterocycles. The largest absolute Gasteiger partial charge is 0.452 e. The average Bonchev–Trinajstić information content (AvgIpc) is 3.34. The smallest absolute Gasteiger partial charge is 0.317 e. The second-order valence-electron chi connectivity index (χ2n) is 5.68. The van der Waals surface area contributed by atoms with Gasteiger partial charge in [0, 0.05) is 5.56 Å². The first-order chi connectivity index (χ1) is 13.2. The maximum Gasteiger partial charge on any atom is 0.317 e. The predicted octanol–water partition coefficient (Wildman–Crippen LogP) is 4.74. The summed E-state index contributed by atoms with van der Waals surface area (Å²) in [6.45, 7) is 1.71. The Kier molecular flexibility index (Phi) is 5.17. The summed E-state index contributed by atoms with van der Waals surface area (Å²) in [4.78, 5) is 16.6.